The molecule has 0 saturated carbocycles. The lowest BCUT2D eigenvalue weighted by Crippen LogP contribution is -2.07. The Bertz CT molecular complexity index is 467. The van der Waals surface area contributed by atoms with Crippen LogP contribution < -0.4 is 10.1 Å². The Hall–Kier alpha value is -1.75. The zero-order valence-corrected chi connectivity index (χ0v) is 9.32. The molecule has 0 radical (unpaired) electrons. The van der Waals surface area contributed by atoms with Gasteiger partial charge in [-0.2, -0.15) is 4.98 Å². The zero-order chi connectivity index (χ0) is 11.4. The topological polar surface area (TPSA) is 56.5 Å². The highest BCUT2D eigenvalue weighted by Gasteiger charge is 2.05. The number of hydrogen-bond donors (Lipinski definition) is 1. The maximum Gasteiger partial charge on any atom is 0.295 e. The van der Waals surface area contributed by atoms with Crippen molar-refractivity contribution in [2.24, 2.45) is 0 Å². The number of ether oxygens (including phenoxy) is 2. The molecule has 86 valence electrons. The third kappa shape index (κ3) is 2.25. The Labute approximate surface area is 93.4 Å². The maximum atomic E-state index is 5.50. The number of fused-ring (bicyclic) bond motifs is 1. The van der Waals surface area contributed by atoms with E-state index in [1.165, 1.54) is 0 Å². The van der Waals surface area contributed by atoms with Crippen molar-refractivity contribution in [2.45, 2.75) is 0 Å². The van der Waals surface area contributed by atoms with Crippen LogP contribution in [0.25, 0.3) is 11.1 Å². The number of oxazole rings is 1. The lowest BCUT2D eigenvalue weighted by Gasteiger charge is -1.98. The van der Waals surface area contributed by atoms with Gasteiger partial charge in [-0.3, -0.25) is 0 Å². The van der Waals surface area contributed by atoms with E-state index in [-0.39, 0.29) is 0 Å². The Kier molecular flexibility index (Phi) is 3.26. The number of anilines is 1. The molecule has 0 aliphatic heterocycles. The average Bonchev–Trinajstić information content (AvgIpc) is 2.70. The SMILES string of the molecule is COCCNc1nc2ccc(OC)cc2o1. The first kappa shape index (κ1) is 10.8. The van der Waals surface area contributed by atoms with Crippen molar-refractivity contribution >= 4 is 17.1 Å². The van der Waals surface area contributed by atoms with Crippen LogP contribution in [0.3, 0.4) is 0 Å². The van der Waals surface area contributed by atoms with Crippen LogP contribution >= 0.6 is 0 Å². The van der Waals surface area contributed by atoms with Gasteiger partial charge in [0, 0.05) is 19.7 Å². The number of hydrogen-bond acceptors (Lipinski definition) is 5. The van der Waals surface area contributed by atoms with Gasteiger partial charge in [0.05, 0.1) is 13.7 Å². The van der Waals surface area contributed by atoms with Crippen LogP contribution in [0, 0.1) is 0 Å². The average molecular weight is 222 g/mol. The van der Waals surface area contributed by atoms with Gasteiger partial charge in [-0.05, 0) is 12.1 Å². The lowest BCUT2D eigenvalue weighted by atomic mass is 10.3. The summed E-state index contributed by atoms with van der Waals surface area (Å²) in [6.07, 6.45) is 0. The minimum atomic E-state index is 0.500. The van der Waals surface area contributed by atoms with Crippen LogP contribution in [0.15, 0.2) is 22.6 Å². The van der Waals surface area contributed by atoms with E-state index in [9.17, 15) is 0 Å². The van der Waals surface area contributed by atoms with Gasteiger partial charge >= 0.3 is 0 Å². The highest BCUT2D eigenvalue weighted by molar-refractivity contribution is 5.76. The summed E-state index contributed by atoms with van der Waals surface area (Å²) in [5.41, 5.74) is 1.51. The molecule has 5 nitrogen and oxygen atoms in total. The summed E-state index contributed by atoms with van der Waals surface area (Å²) < 4.78 is 15.5. The molecular weight excluding hydrogens is 208 g/mol. The van der Waals surface area contributed by atoms with Gasteiger partial charge in [0.15, 0.2) is 5.58 Å². The molecule has 0 aliphatic rings. The monoisotopic (exact) mass is 222 g/mol. The molecule has 1 heterocycles. The van der Waals surface area contributed by atoms with Gasteiger partial charge in [-0.15, -0.1) is 0 Å². The van der Waals surface area contributed by atoms with Gasteiger partial charge in [0.1, 0.15) is 11.3 Å². The van der Waals surface area contributed by atoms with Crippen LogP contribution in [0.4, 0.5) is 6.01 Å². The van der Waals surface area contributed by atoms with Crippen molar-refractivity contribution < 1.29 is 13.9 Å². The number of benzene rings is 1. The smallest absolute Gasteiger partial charge is 0.295 e. The largest absolute Gasteiger partial charge is 0.497 e. The molecule has 5 heteroatoms. The van der Waals surface area contributed by atoms with Crippen molar-refractivity contribution in [3.63, 3.8) is 0 Å². The third-order valence-corrected chi connectivity index (χ3v) is 2.18. The van der Waals surface area contributed by atoms with Gasteiger partial charge in [-0.25, -0.2) is 0 Å². The predicted octanol–water partition coefficient (Wildman–Crippen LogP) is 1.89. The van der Waals surface area contributed by atoms with Crippen molar-refractivity contribution in [1.29, 1.82) is 0 Å². The molecule has 0 saturated heterocycles. The summed E-state index contributed by atoms with van der Waals surface area (Å²) in [5, 5.41) is 3.03. The second kappa shape index (κ2) is 4.85. The molecular formula is C11H14N2O3. The number of rotatable bonds is 5. The minimum absolute atomic E-state index is 0.500. The minimum Gasteiger partial charge on any atom is -0.497 e. The van der Waals surface area contributed by atoms with E-state index in [2.05, 4.69) is 10.3 Å². The second-order valence-electron chi connectivity index (χ2n) is 3.27. The fourth-order valence-corrected chi connectivity index (χ4v) is 1.37. The molecule has 0 unspecified atom stereocenters. The third-order valence-electron chi connectivity index (χ3n) is 2.18. The van der Waals surface area contributed by atoms with Crippen molar-refractivity contribution in [3.8, 4) is 5.75 Å². The Morgan fingerprint density at radius 2 is 2.25 bits per heavy atom. The Morgan fingerprint density at radius 3 is 3.00 bits per heavy atom. The summed E-state index contributed by atoms with van der Waals surface area (Å²) in [6.45, 7) is 1.28. The Morgan fingerprint density at radius 1 is 1.38 bits per heavy atom. The number of aromatic nitrogens is 1. The zero-order valence-electron chi connectivity index (χ0n) is 9.32. The van der Waals surface area contributed by atoms with Gasteiger partial charge in [0.25, 0.3) is 6.01 Å². The van der Waals surface area contributed by atoms with Crippen LogP contribution in [0.5, 0.6) is 5.75 Å². The first-order valence-corrected chi connectivity index (χ1v) is 5.01. The van der Waals surface area contributed by atoms with Crippen molar-refractivity contribution in [3.05, 3.63) is 18.2 Å². The molecule has 0 amide bonds. The van der Waals surface area contributed by atoms with E-state index in [4.69, 9.17) is 13.9 Å². The molecule has 2 aromatic rings. The Balaban J connectivity index is 2.16. The molecule has 0 aliphatic carbocycles. The van der Waals surface area contributed by atoms with Crippen LogP contribution in [0.2, 0.25) is 0 Å². The lowest BCUT2D eigenvalue weighted by molar-refractivity contribution is 0.210. The number of methoxy groups -OCH3 is 2. The standard InChI is InChI=1S/C11H14N2O3/c1-14-6-5-12-11-13-9-4-3-8(15-2)7-10(9)16-11/h3-4,7H,5-6H2,1-2H3,(H,12,13). The molecule has 0 bridgehead atoms. The molecule has 0 atom stereocenters. The molecule has 0 spiro atoms. The fourth-order valence-electron chi connectivity index (χ4n) is 1.37. The van der Waals surface area contributed by atoms with Gasteiger partial charge in [0.2, 0.25) is 0 Å². The summed E-state index contributed by atoms with van der Waals surface area (Å²) in [7, 11) is 3.27. The van der Waals surface area contributed by atoms with Crippen LogP contribution in [-0.2, 0) is 4.74 Å². The van der Waals surface area contributed by atoms with Crippen LogP contribution in [-0.4, -0.2) is 32.4 Å². The second-order valence-corrected chi connectivity index (χ2v) is 3.27. The van der Waals surface area contributed by atoms with Crippen LogP contribution in [0.1, 0.15) is 0 Å². The fraction of sp³-hybridized carbons (Fsp3) is 0.364. The van der Waals surface area contributed by atoms with Crippen molar-refractivity contribution in [1.82, 2.24) is 4.98 Å². The van der Waals surface area contributed by atoms with Gasteiger partial charge in [-0.1, -0.05) is 0 Å². The highest BCUT2D eigenvalue weighted by Crippen LogP contribution is 2.23. The normalized spacial score (nSPS) is 10.6. The van der Waals surface area contributed by atoms with E-state index >= 15 is 0 Å². The summed E-state index contributed by atoms with van der Waals surface area (Å²) in [4.78, 5) is 4.27. The number of nitrogens with zero attached hydrogens (tertiary/aromatic N) is 1. The summed E-state index contributed by atoms with van der Waals surface area (Å²) >= 11 is 0. The number of nitrogens with one attached hydrogen (secondary N) is 1. The predicted molar refractivity (Wildman–Crippen MR) is 60.9 cm³/mol. The molecule has 16 heavy (non-hydrogen) atoms. The van der Waals surface area contributed by atoms with Gasteiger partial charge < -0.3 is 19.2 Å². The van der Waals surface area contributed by atoms with E-state index < -0.39 is 0 Å². The van der Waals surface area contributed by atoms with Crippen molar-refractivity contribution in [2.75, 3.05) is 32.7 Å². The summed E-state index contributed by atoms with van der Waals surface area (Å²) in [5.74, 6) is 0.757. The van der Waals surface area contributed by atoms with E-state index in [0.29, 0.717) is 24.7 Å². The summed E-state index contributed by atoms with van der Waals surface area (Å²) in [6, 6.07) is 6.02. The van der Waals surface area contributed by atoms with E-state index in [1.807, 2.05) is 18.2 Å². The molecule has 1 N–H and O–H groups in total. The first-order chi connectivity index (χ1) is 7.83. The molecule has 1 aromatic carbocycles. The van der Waals surface area contributed by atoms with E-state index in [0.717, 1.165) is 11.3 Å². The maximum absolute atomic E-state index is 5.50. The highest BCUT2D eigenvalue weighted by atomic mass is 16.5. The first-order valence-electron chi connectivity index (χ1n) is 5.01. The van der Waals surface area contributed by atoms with E-state index in [1.54, 1.807) is 14.2 Å². The quantitative estimate of drug-likeness (QED) is 0.783. The molecule has 0 fully saturated rings. The molecule has 1 aromatic heterocycles. The molecule has 2 rings (SSSR count).